The molecule has 0 aliphatic carbocycles. The molecule has 1 heterocycles. The number of rotatable bonds is 9. The molecule has 8 nitrogen and oxygen atoms in total. The number of hydrogen-bond acceptors (Lipinski definition) is 5. The van der Waals surface area contributed by atoms with E-state index in [1.807, 2.05) is 6.92 Å². The number of aromatic nitrogens is 2. The zero-order chi connectivity index (χ0) is 19.0. The Hall–Kier alpha value is -2.52. The average Bonchev–Trinajstić information content (AvgIpc) is 2.61. The first-order valence-corrected chi connectivity index (χ1v) is 9.82. The Morgan fingerprint density at radius 1 is 1.19 bits per heavy atom. The first-order valence-electron chi connectivity index (χ1n) is 8.34. The summed E-state index contributed by atoms with van der Waals surface area (Å²) in [7, 11) is -3.65. The summed E-state index contributed by atoms with van der Waals surface area (Å²) in [5.74, 6) is -0.106. The molecule has 0 fully saturated rings. The van der Waals surface area contributed by atoms with E-state index in [1.54, 1.807) is 18.2 Å². The minimum Gasteiger partial charge on any atom is -0.326 e. The van der Waals surface area contributed by atoms with Crippen LogP contribution in [0.3, 0.4) is 0 Å². The summed E-state index contributed by atoms with van der Waals surface area (Å²) in [6, 6.07) is 8.93. The van der Waals surface area contributed by atoms with Gasteiger partial charge in [-0.3, -0.25) is 9.59 Å². The van der Waals surface area contributed by atoms with Gasteiger partial charge in [-0.2, -0.15) is 5.10 Å². The van der Waals surface area contributed by atoms with E-state index in [-0.39, 0.29) is 22.9 Å². The quantitative estimate of drug-likeness (QED) is 0.640. The predicted octanol–water partition coefficient (Wildman–Crippen LogP) is 1.35. The molecule has 0 atom stereocenters. The van der Waals surface area contributed by atoms with Gasteiger partial charge in [-0.15, -0.1) is 0 Å². The molecule has 2 N–H and O–H groups in total. The van der Waals surface area contributed by atoms with Crippen LogP contribution in [0.15, 0.2) is 52.3 Å². The Morgan fingerprint density at radius 3 is 2.58 bits per heavy atom. The summed E-state index contributed by atoms with van der Waals surface area (Å²) < 4.78 is 28.3. The molecule has 2 rings (SSSR count). The number of aryl methyl sites for hydroxylation is 1. The number of hydrogen-bond donors (Lipinski definition) is 2. The van der Waals surface area contributed by atoms with Crippen molar-refractivity contribution in [3.05, 3.63) is 52.9 Å². The van der Waals surface area contributed by atoms with Crippen LogP contribution in [0.2, 0.25) is 0 Å². The largest absolute Gasteiger partial charge is 0.326 e. The number of benzene rings is 1. The summed E-state index contributed by atoms with van der Waals surface area (Å²) in [5.41, 5.74) is 0.327. The van der Waals surface area contributed by atoms with E-state index in [0.717, 1.165) is 6.42 Å². The smallest absolute Gasteiger partial charge is 0.266 e. The Kier molecular flexibility index (Phi) is 7.05. The number of sulfonamides is 1. The molecule has 26 heavy (non-hydrogen) atoms. The van der Waals surface area contributed by atoms with E-state index < -0.39 is 10.0 Å². The number of carbonyl (C=O) groups is 1. The number of amides is 1. The third kappa shape index (κ3) is 5.78. The van der Waals surface area contributed by atoms with Gasteiger partial charge in [0.05, 0.1) is 4.90 Å². The van der Waals surface area contributed by atoms with Crippen LogP contribution in [0.5, 0.6) is 0 Å². The third-order valence-electron chi connectivity index (χ3n) is 3.55. The molecule has 0 bridgehead atoms. The van der Waals surface area contributed by atoms with E-state index in [4.69, 9.17) is 0 Å². The van der Waals surface area contributed by atoms with E-state index in [2.05, 4.69) is 15.1 Å². The molecule has 0 saturated carbocycles. The van der Waals surface area contributed by atoms with Gasteiger partial charge in [0.15, 0.2) is 0 Å². The predicted molar refractivity (Wildman–Crippen MR) is 98.3 cm³/mol. The molecule has 1 aromatic heterocycles. The van der Waals surface area contributed by atoms with Crippen LogP contribution in [0.4, 0.5) is 5.69 Å². The van der Waals surface area contributed by atoms with Gasteiger partial charge in [-0.25, -0.2) is 17.8 Å². The van der Waals surface area contributed by atoms with Crippen molar-refractivity contribution in [3.8, 4) is 0 Å². The van der Waals surface area contributed by atoms with Crippen molar-refractivity contribution >= 4 is 21.6 Å². The Morgan fingerprint density at radius 2 is 1.92 bits per heavy atom. The van der Waals surface area contributed by atoms with Crippen LogP contribution in [0.25, 0.3) is 0 Å². The molecule has 0 spiro atoms. The number of nitrogens with zero attached hydrogens (tertiary/aromatic N) is 2. The minimum absolute atomic E-state index is 0.106. The summed E-state index contributed by atoms with van der Waals surface area (Å²) in [6.07, 6.45) is 3.10. The minimum atomic E-state index is -3.65. The fourth-order valence-electron chi connectivity index (χ4n) is 2.24. The molecule has 0 saturated heterocycles. The normalized spacial score (nSPS) is 11.3. The molecular weight excluding hydrogens is 356 g/mol. The van der Waals surface area contributed by atoms with Crippen molar-refractivity contribution in [2.24, 2.45) is 0 Å². The van der Waals surface area contributed by atoms with Gasteiger partial charge in [0, 0.05) is 37.5 Å². The highest BCUT2D eigenvalue weighted by atomic mass is 32.2. The third-order valence-corrected chi connectivity index (χ3v) is 5.03. The van der Waals surface area contributed by atoms with Crippen LogP contribution in [-0.2, 0) is 21.4 Å². The Bertz CT molecular complexity index is 891. The van der Waals surface area contributed by atoms with Gasteiger partial charge in [-0.1, -0.05) is 6.92 Å². The highest BCUT2D eigenvalue weighted by Crippen LogP contribution is 2.14. The maximum Gasteiger partial charge on any atom is 0.266 e. The van der Waals surface area contributed by atoms with E-state index in [0.29, 0.717) is 25.1 Å². The van der Waals surface area contributed by atoms with Crippen LogP contribution in [0.1, 0.15) is 26.2 Å². The van der Waals surface area contributed by atoms with Gasteiger partial charge in [0.25, 0.3) is 5.56 Å². The lowest BCUT2D eigenvalue weighted by atomic mass is 10.3. The number of nitrogens with one attached hydrogen (secondary N) is 2. The van der Waals surface area contributed by atoms with Crippen LogP contribution in [0, 0.1) is 0 Å². The second-order valence-corrected chi connectivity index (χ2v) is 7.43. The van der Waals surface area contributed by atoms with Gasteiger partial charge in [-0.05, 0) is 43.2 Å². The average molecular weight is 378 g/mol. The van der Waals surface area contributed by atoms with Crippen molar-refractivity contribution in [1.29, 1.82) is 0 Å². The summed E-state index contributed by atoms with van der Waals surface area (Å²) >= 11 is 0. The van der Waals surface area contributed by atoms with E-state index in [9.17, 15) is 18.0 Å². The molecular formula is C17H22N4O4S. The lowest BCUT2D eigenvalue weighted by Gasteiger charge is -2.09. The second kappa shape index (κ2) is 9.25. The fraction of sp³-hybridized carbons (Fsp3) is 0.353. The lowest BCUT2D eigenvalue weighted by molar-refractivity contribution is -0.116. The summed E-state index contributed by atoms with van der Waals surface area (Å²) in [5, 5.41) is 6.61. The molecule has 9 heteroatoms. The molecule has 140 valence electrons. The monoisotopic (exact) mass is 378 g/mol. The highest BCUT2D eigenvalue weighted by molar-refractivity contribution is 7.89. The molecule has 2 aromatic rings. The Labute approximate surface area is 152 Å². The maximum atomic E-state index is 12.3. The molecule has 1 amide bonds. The van der Waals surface area contributed by atoms with Gasteiger partial charge in [0.2, 0.25) is 15.9 Å². The van der Waals surface area contributed by atoms with Crippen molar-refractivity contribution in [1.82, 2.24) is 14.5 Å². The van der Waals surface area contributed by atoms with Gasteiger partial charge in [0.1, 0.15) is 0 Å². The number of anilines is 1. The summed E-state index contributed by atoms with van der Waals surface area (Å²) in [6.45, 7) is 2.41. The molecule has 0 radical (unpaired) electrons. The van der Waals surface area contributed by atoms with Crippen molar-refractivity contribution in [2.75, 3.05) is 11.9 Å². The lowest BCUT2D eigenvalue weighted by Crippen LogP contribution is -2.27. The zero-order valence-corrected chi connectivity index (χ0v) is 15.3. The van der Waals surface area contributed by atoms with Crippen LogP contribution < -0.4 is 15.6 Å². The van der Waals surface area contributed by atoms with Crippen molar-refractivity contribution < 1.29 is 13.2 Å². The number of carbonyl (C=O) groups excluding carboxylic acids is 1. The van der Waals surface area contributed by atoms with Gasteiger partial charge < -0.3 is 5.32 Å². The van der Waals surface area contributed by atoms with E-state index in [1.165, 1.54) is 29.1 Å². The molecule has 0 aliphatic heterocycles. The van der Waals surface area contributed by atoms with E-state index >= 15 is 0 Å². The van der Waals surface area contributed by atoms with Crippen molar-refractivity contribution in [3.63, 3.8) is 0 Å². The highest BCUT2D eigenvalue weighted by Gasteiger charge is 2.13. The molecule has 1 aromatic carbocycles. The Balaban J connectivity index is 1.88. The molecule has 0 unspecified atom stereocenters. The zero-order valence-electron chi connectivity index (χ0n) is 14.5. The second-order valence-electron chi connectivity index (χ2n) is 5.66. The van der Waals surface area contributed by atoms with Crippen LogP contribution in [-0.4, -0.2) is 30.7 Å². The first kappa shape index (κ1) is 19.8. The standard InChI is InChI=1S/C17H22N4O4S/c1-2-5-16(22)20-14-7-9-15(10-8-14)26(24,25)19-12-4-13-21-17(23)6-3-11-18-21/h3,6-11,19H,2,4-5,12-13H2,1H3,(H,20,22). The van der Waals surface area contributed by atoms with Gasteiger partial charge >= 0.3 is 0 Å². The first-order chi connectivity index (χ1) is 12.4. The molecule has 0 aliphatic rings. The fourth-order valence-corrected chi connectivity index (χ4v) is 3.32. The topological polar surface area (TPSA) is 110 Å². The maximum absolute atomic E-state index is 12.3. The van der Waals surface area contributed by atoms with Crippen molar-refractivity contribution in [2.45, 2.75) is 37.6 Å². The van der Waals surface area contributed by atoms with Crippen LogP contribution >= 0.6 is 0 Å². The summed E-state index contributed by atoms with van der Waals surface area (Å²) in [4.78, 5) is 23.2. The SMILES string of the molecule is CCCC(=O)Nc1ccc(S(=O)(=O)NCCCn2ncccc2=O)cc1.